The lowest BCUT2D eigenvalue weighted by molar-refractivity contribution is -0.137. The van der Waals surface area contributed by atoms with Gasteiger partial charge in [0.05, 0.1) is 23.1 Å². The molecule has 2 rings (SSSR count). The molecule has 0 amide bonds. The molecule has 0 aromatic heterocycles. The molecule has 1 aromatic rings. The van der Waals surface area contributed by atoms with Crippen molar-refractivity contribution in [2.75, 3.05) is 31.2 Å². The fraction of sp³-hybridized carbons (Fsp3) is 0.533. The van der Waals surface area contributed by atoms with Gasteiger partial charge in [0.15, 0.2) is 0 Å². The van der Waals surface area contributed by atoms with Gasteiger partial charge in [-0.05, 0) is 37.0 Å². The van der Waals surface area contributed by atoms with E-state index in [4.69, 9.17) is 5.26 Å². The quantitative estimate of drug-likeness (QED) is 0.895. The van der Waals surface area contributed by atoms with Crippen LogP contribution in [-0.4, -0.2) is 38.6 Å². The summed E-state index contributed by atoms with van der Waals surface area (Å²) in [6.07, 6.45) is -1.97. The Morgan fingerprint density at radius 3 is 2.46 bits per heavy atom. The van der Waals surface area contributed by atoms with E-state index in [1.54, 1.807) is 6.07 Å². The van der Waals surface area contributed by atoms with Crippen LogP contribution in [0.4, 0.5) is 18.9 Å². The first-order chi connectivity index (χ1) is 11.1. The highest BCUT2D eigenvalue weighted by Gasteiger charge is 2.31. The molecule has 0 unspecified atom stereocenters. The summed E-state index contributed by atoms with van der Waals surface area (Å²) in [5.41, 5.74) is -0.555. The minimum Gasteiger partial charge on any atom is -0.384 e. The number of rotatable bonds is 4. The fourth-order valence-electron chi connectivity index (χ4n) is 2.67. The average Bonchev–Trinajstić information content (AvgIpc) is 2.51. The Balaban J connectivity index is 1.97. The van der Waals surface area contributed by atoms with E-state index in [9.17, 15) is 21.6 Å². The number of hydrogen-bond donors (Lipinski definition) is 1. The van der Waals surface area contributed by atoms with Crippen molar-refractivity contribution in [3.8, 4) is 6.07 Å². The third kappa shape index (κ3) is 4.61. The van der Waals surface area contributed by atoms with Crippen LogP contribution in [0.25, 0.3) is 0 Å². The average molecular weight is 361 g/mol. The van der Waals surface area contributed by atoms with Gasteiger partial charge in [-0.3, -0.25) is 0 Å². The maximum atomic E-state index is 12.7. The van der Waals surface area contributed by atoms with Crippen molar-refractivity contribution in [3.05, 3.63) is 29.3 Å². The van der Waals surface area contributed by atoms with Gasteiger partial charge in [0.2, 0.25) is 10.0 Å². The van der Waals surface area contributed by atoms with Gasteiger partial charge in [-0.15, -0.1) is 0 Å². The van der Waals surface area contributed by atoms with Gasteiger partial charge < -0.3 is 5.32 Å². The van der Waals surface area contributed by atoms with E-state index in [0.717, 1.165) is 12.1 Å². The lowest BCUT2D eigenvalue weighted by Gasteiger charge is -2.30. The van der Waals surface area contributed by atoms with Crippen molar-refractivity contribution in [2.24, 2.45) is 5.92 Å². The van der Waals surface area contributed by atoms with Crippen LogP contribution in [0.3, 0.4) is 0 Å². The zero-order chi connectivity index (χ0) is 18.0. The van der Waals surface area contributed by atoms with Gasteiger partial charge in [-0.2, -0.15) is 18.4 Å². The molecular formula is C15H18F3N3O2S. The van der Waals surface area contributed by atoms with Crippen LogP contribution in [0.15, 0.2) is 18.2 Å². The van der Waals surface area contributed by atoms with Crippen LogP contribution < -0.4 is 5.32 Å². The number of nitrogens with zero attached hydrogens (tertiary/aromatic N) is 2. The highest BCUT2D eigenvalue weighted by molar-refractivity contribution is 7.88. The molecule has 1 N–H and O–H groups in total. The minimum atomic E-state index is -4.48. The molecule has 0 radical (unpaired) electrons. The second kappa shape index (κ2) is 6.99. The molecule has 0 bridgehead atoms. The predicted octanol–water partition coefficient (Wildman–Crippen LogP) is 2.66. The summed E-state index contributed by atoms with van der Waals surface area (Å²) in [6, 6.07) is 4.80. The third-order valence-corrected chi connectivity index (χ3v) is 5.39. The molecule has 1 aliphatic heterocycles. The van der Waals surface area contributed by atoms with Crippen LogP contribution in [-0.2, 0) is 16.2 Å². The molecular weight excluding hydrogens is 343 g/mol. The monoisotopic (exact) mass is 361 g/mol. The molecule has 5 nitrogen and oxygen atoms in total. The summed E-state index contributed by atoms with van der Waals surface area (Å²) in [5.74, 6) is 0.205. The van der Waals surface area contributed by atoms with Crippen molar-refractivity contribution < 1.29 is 21.6 Å². The number of halogens is 3. The summed E-state index contributed by atoms with van der Waals surface area (Å²) in [5, 5.41) is 12.0. The van der Waals surface area contributed by atoms with Crippen LogP contribution in [0.5, 0.6) is 0 Å². The first-order valence-electron chi connectivity index (χ1n) is 7.41. The molecule has 9 heteroatoms. The van der Waals surface area contributed by atoms with Gasteiger partial charge in [-0.1, -0.05) is 0 Å². The first kappa shape index (κ1) is 18.5. The van der Waals surface area contributed by atoms with E-state index in [1.165, 1.54) is 16.6 Å². The molecule has 1 aliphatic rings. The van der Waals surface area contributed by atoms with E-state index < -0.39 is 21.8 Å². The van der Waals surface area contributed by atoms with Crippen LogP contribution >= 0.6 is 0 Å². The Morgan fingerprint density at radius 2 is 1.96 bits per heavy atom. The highest BCUT2D eigenvalue weighted by atomic mass is 32.2. The zero-order valence-corrected chi connectivity index (χ0v) is 13.9. The number of sulfonamides is 1. The van der Waals surface area contributed by atoms with Gasteiger partial charge in [0, 0.05) is 19.6 Å². The number of alkyl halides is 3. The molecule has 0 saturated carbocycles. The highest BCUT2D eigenvalue weighted by Crippen LogP contribution is 2.32. The van der Waals surface area contributed by atoms with Gasteiger partial charge in [0.25, 0.3) is 0 Å². The normalized spacial score (nSPS) is 17.5. The fourth-order valence-corrected chi connectivity index (χ4v) is 3.54. The van der Waals surface area contributed by atoms with Crippen molar-refractivity contribution in [2.45, 2.75) is 19.0 Å². The summed E-state index contributed by atoms with van der Waals surface area (Å²) >= 11 is 0. The Morgan fingerprint density at radius 1 is 1.33 bits per heavy atom. The SMILES string of the molecule is CS(=O)(=O)N1CCC(CNc2ccc(C(F)(F)F)cc2C#N)CC1. The van der Waals surface area contributed by atoms with E-state index >= 15 is 0 Å². The number of piperidine rings is 1. The molecule has 1 aromatic carbocycles. The minimum absolute atomic E-state index is 0.0570. The molecule has 0 spiro atoms. The van der Waals surface area contributed by atoms with Crippen LogP contribution in [0.1, 0.15) is 24.0 Å². The van der Waals surface area contributed by atoms with Gasteiger partial charge >= 0.3 is 6.18 Å². The maximum absolute atomic E-state index is 12.7. The standard InChI is InChI=1S/C15H18F3N3O2S/c1-24(22,23)21-6-4-11(5-7-21)10-20-14-3-2-13(15(16,17)18)8-12(14)9-19/h2-3,8,11,20H,4-7,10H2,1H3. The number of hydrogen-bond acceptors (Lipinski definition) is 4. The summed E-state index contributed by atoms with van der Waals surface area (Å²) < 4.78 is 62.3. The number of benzene rings is 1. The molecule has 1 saturated heterocycles. The lowest BCUT2D eigenvalue weighted by Crippen LogP contribution is -2.39. The number of anilines is 1. The lowest BCUT2D eigenvalue weighted by atomic mass is 9.98. The summed E-state index contributed by atoms with van der Waals surface area (Å²) in [4.78, 5) is 0. The van der Waals surface area contributed by atoms with Gasteiger partial charge in [-0.25, -0.2) is 12.7 Å². The van der Waals surface area contributed by atoms with Crippen LogP contribution in [0, 0.1) is 17.2 Å². The van der Waals surface area contributed by atoms with Crippen molar-refractivity contribution in [3.63, 3.8) is 0 Å². The molecule has 132 valence electrons. The second-order valence-corrected chi connectivity index (χ2v) is 7.84. The topological polar surface area (TPSA) is 73.2 Å². The Kier molecular flexibility index (Phi) is 5.40. The molecule has 1 fully saturated rings. The third-order valence-electron chi connectivity index (χ3n) is 4.09. The smallest absolute Gasteiger partial charge is 0.384 e. The molecule has 0 atom stereocenters. The number of nitriles is 1. The maximum Gasteiger partial charge on any atom is 0.416 e. The molecule has 1 heterocycles. The largest absolute Gasteiger partial charge is 0.416 e. The summed E-state index contributed by atoms with van der Waals surface area (Å²) in [6.45, 7) is 1.35. The molecule has 0 aliphatic carbocycles. The Hall–Kier alpha value is -1.79. The second-order valence-electron chi connectivity index (χ2n) is 5.86. The van der Waals surface area contributed by atoms with Crippen molar-refractivity contribution in [1.29, 1.82) is 5.26 Å². The van der Waals surface area contributed by atoms with E-state index in [2.05, 4.69) is 5.32 Å². The van der Waals surface area contributed by atoms with E-state index in [-0.39, 0.29) is 11.5 Å². The first-order valence-corrected chi connectivity index (χ1v) is 9.26. The number of nitrogens with one attached hydrogen (secondary N) is 1. The van der Waals surface area contributed by atoms with Crippen molar-refractivity contribution >= 4 is 15.7 Å². The van der Waals surface area contributed by atoms with Crippen LogP contribution in [0.2, 0.25) is 0 Å². The molecule has 24 heavy (non-hydrogen) atoms. The summed E-state index contributed by atoms with van der Waals surface area (Å²) in [7, 11) is -3.18. The van der Waals surface area contributed by atoms with E-state index in [1.807, 2.05) is 0 Å². The van der Waals surface area contributed by atoms with Gasteiger partial charge in [0.1, 0.15) is 6.07 Å². The zero-order valence-electron chi connectivity index (χ0n) is 13.1. The Labute approximate surface area is 139 Å². The Bertz CT molecular complexity index is 733. The van der Waals surface area contributed by atoms with E-state index in [0.29, 0.717) is 38.2 Å². The van der Waals surface area contributed by atoms with Crippen molar-refractivity contribution in [1.82, 2.24) is 4.31 Å². The predicted molar refractivity (Wildman–Crippen MR) is 83.8 cm³/mol.